The first-order valence-electron chi connectivity index (χ1n) is 7.80. The van der Waals surface area contributed by atoms with E-state index in [2.05, 4.69) is 29.2 Å². The molecule has 0 spiro atoms. The van der Waals surface area contributed by atoms with Crippen LogP contribution in [0.2, 0.25) is 5.02 Å². The van der Waals surface area contributed by atoms with Crippen LogP contribution in [0.4, 0.5) is 5.69 Å². The molecule has 0 saturated carbocycles. The van der Waals surface area contributed by atoms with Crippen molar-refractivity contribution in [1.29, 1.82) is 0 Å². The molecule has 4 rings (SSSR count). The normalized spacial score (nSPS) is 13.9. The maximum absolute atomic E-state index is 6.00. The highest BCUT2D eigenvalue weighted by atomic mass is 35.5. The Hall–Kier alpha value is -2.18. The van der Waals surface area contributed by atoms with Crippen molar-refractivity contribution >= 4 is 28.2 Å². The molecule has 0 aliphatic carbocycles. The summed E-state index contributed by atoms with van der Waals surface area (Å²) in [5, 5.41) is 1.93. The summed E-state index contributed by atoms with van der Waals surface area (Å²) in [5.74, 6) is 0. The number of benzene rings is 2. The Morgan fingerprint density at radius 3 is 2.32 bits per heavy atom. The Morgan fingerprint density at radius 1 is 0.920 bits per heavy atom. The summed E-state index contributed by atoms with van der Waals surface area (Å²) < 4.78 is 5.49. The highest BCUT2D eigenvalue weighted by Gasteiger charge is 2.16. The topological polar surface area (TPSA) is 88.4 Å². The Morgan fingerprint density at radius 2 is 1.60 bits per heavy atom. The van der Waals surface area contributed by atoms with Gasteiger partial charge in [0.15, 0.2) is 0 Å². The zero-order valence-corrected chi connectivity index (χ0v) is 14.5. The molecular formula is C19H21ClN2O3. The molecule has 132 valence electrons. The van der Waals surface area contributed by atoms with Crippen LogP contribution >= 0.6 is 11.6 Å². The van der Waals surface area contributed by atoms with E-state index in [4.69, 9.17) is 21.3 Å². The van der Waals surface area contributed by atoms with Crippen molar-refractivity contribution in [2.45, 2.75) is 0 Å². The lowest BCUT2D eigenvalue weighted by molar-refractivity contribution is 0.123. The second kappa shape index (κ2) is 8.27. The molecule has 1 aliphatic rings. The molecular weight excluding hydrogens is 340 g/mol. The van der Waals surface area contributed by atoms with Crippen LogP contribution in [0.1, 0.15) is 0 Å². The fourth-order valence-corrected chi connectivity index (χ4v) is 3.12. The summed E-state index contributed by atoms with van der Waals surface area (Å²) in [4.78, 5) is 7.21. The van der Waals surface area contributed by atoms with Gasteiger partial charge in [0.1, 0.15) is 0 Å². The molecule has 1 saturated heterocycles. The molecule has 0 amide bonds. The van der Waals surface area contributed by atoms with E-state index >= 15 is 0 Å². The lowest BCUT2D eigenvalue weighted by Gasteiger charge is -2.30. The number of morpholine rings is 1. The second-order valence-corrected chi connectivity index (χ2v) is 6.09. The smallest absolute Gasteiger partial charge is 0.0730 e. The molecule has 5 nitrogen and oxygen atoms in total. The van der Waals surface area contributed by atoms with Gasteiger partial charge in [-0.15, -0.1) is 0 Å². The number of fused-ring (bicyclic) bond motifs is 1. The quantitative estimate of drug-likeness (QED) is 0.703. The first-order chi connectivity index (χ1) is 11.3. The number of hydrogen-bond acceptors (Lipinski definition) is 3. The summed E-state index contributed by atoms with van der Waals surface area (Å²) in [6, 6.07) is 18.3. The van der Waals surface area contributed by atoms with Crippen molar-refractivity contribution in [3.63, 3.8) is 0 Å². The first kappa shape index (κ1) is 19.1. The molecule has 1 aromatic heterocycles. The number of nitrogens with zero attached hydrogens (tertiary/aromatic N) is 2. The van der Waals surface area contributed by atoms with Crippen LogP contribution in [0.25, 0.3) is 22.2 Å². The van der Waals surface area contributed by atoms with Gasteiger partial charge in [-0.05, 0) is 24.3 Å². The molecule has 2 aromatic carbocycles. The van der Waals surface area contributed by atoms with Gasteiger partial charge in [-0.1, -0.05) is 41.9 Å². The number of aromatic nitrogens is 1. The Kier molecular flexibility index (Phi) is 6.33. The fraction of sp³-hybridized carbons (Fsp3) is 0.211. The van der Waals surface area contributed by atoms with Crippen LogP contribution in [-0.4, -0.2) is 42.2 Å². The van der Waals surface area contributed by atoms with Crippen molar-refractivity contribution in [2.75, 3.05) is 31.2 Å². The number of para-hydroxylation sites is 1. The van der Waals surface area contributed by atoms with Crippen LogP contribution in [-0.2, 0) is 4.74 Å². The first-order valence-corrected chi connectivity index (χ1v) is 8.17. The molecule has 0 atom stereocenters. The van der Waals surface area contributed by atoms with E-state index < -0.39 is 0 Å². The number of ether oxygens (including phenoxy) is 1. The van der Waals surface area contributed by atoms with Crippen LogP contribution in [0.15, 0.2) is 54.6 Å². The minimum atomic E-state index is 0. The number of halogens is 1. The summed E-state index contributed by atoms with van der Waals surface area (Å²) >= 11 is 6.00. The number of pyridine rings is 1. The maximum atomic E-state index is 6.00. The SMILES string of the molecule is Clc1ccc(-c2cc(N3CCOCC3)c3ccccc3n2)cc1.O.O. The third-order valence-corrected chi connectivity index (χ3v) is 4.44. The monoisotopic (exact) mass is 360 g/mol. The second-order valence-electron chi connectivity index (χ2n) is 5.65. The van der Waals surface area contributed by atoms with E-state index in [0.717, 1.165) is 48.1 Å². The van der Waals surface area contributed by atoms with Gasteiger partial charge in [0.2, 0.25) is 0 Å². The predicted molar refractivity (Wildman–Crippen MR) is 102 cm³/mol. The minimum Gasteiger partial charge on any atom is -0.412 e. The van der Waals surface area contributed by atoms with Gasteiger partial charge in [-0.3, -0.25) is 0 Å². The molecule has 0 radical (unpaired) electrons. The molecule has 0 bridgehead atoms. The molecule has 0 unspecified atom stereocenters. The predicted octanol–water partition coefficient (Wildman–Crippen LogP) is 2.74. The standard InChI is InChI=1S/C19H17ClN2O.2H2O/c20-15-7-5-14(6-8-15)18-13-19(22-9-11-23-12-10-22)16-3-1-2-4-17(16)21-18;;/h1-8,13H,9-12H2;2*1H2. The Labute approximate surface area is 151 Å². The van der Waals surface area contributed by atoms with Gasteiger partial charge < -0.3 is 20.6 Å². The van der Waals surface area contributed by atoms with Crippen LogP contribution < -0.4 is 4.90 Å². The molecule has 6 heteroatoms. The number of anilines is 1. The molecule has 25 heavy (non-hydrogen) atoms. The van der Waals surface area contributed by atoms with E-state index in [1.165, 1.54) is 11.1 Å². The van der Waals surface area contributed by atoms with E-state index in [-0.39, 0.29) is 11.0 Å². The van der Waals surface area contributed by atoms with Gasteiger partial charge >= 0.3 is 0 Å². The zero-order chi connectivity index (χ0) is 15.6. The lowest BCUT2D eigenvalue weighted by Crippen LogP contribution is -2.36. The average Bonchev–Trinajstić information content (AvgIpc) is 2.62. The third-order valence-electron chi connectivity index (χ3n) is 4.19. The molecule has 4 N–H and O–H groups in total. The van der Waals surface area contributed by atoms with Gasteiger partial charge in [0.25, 0.3) is 0 Å². The van der Waals surface area contributed by atoms with Crippen molar-refractivity contribution in [3.05, 3.63) is 59.6 Å². The van der Waals surface area contributed by atoms with Gasteiger partial charge in [-0.25, -0.2) is 4.98 Å². The fourth-order valence-electron chi connectivity index (χ4n) is 2.99. The number of hydrogen-bond donors (Lipinski definition) is 0. The largest absolute Gasteiger partial charge is 0.412 e. The molecule has 2 heterocycles. The molecule has 1 fully saturated rings. The van der Waals surface area contributed by atoms with Crippen LogP contribution in [0.5, 0.6) is 0 Å². The minimum absolute atomic E-state index is 0. The van der Waals surface area contributed by atoms with Crippen molar-refractivity contribution in [2.24, 2.45) is 0 Å². The van der Waals surface area contributed by atoms with Gasteiger partial charge in [0.05, 0.1) is 24.4 Å². The highest BCUT2D eigenvalue weighted by molar-refractivity contribution is 6.30. The van der Waals surface area contributed by atoms with Gasteiger partial charge in [0, 0.05) is 34.7 Å². The molecule has 3 aromatic rings. The average molecular weight is 361 g/mol. The van der Waals surface area contributed by atoms with E-state index in [1.807, 2.05) is 30.3 Å². The summed E-state index contributed by atoms with van der Waals surface area (Å²) in [6.45, 7) is 3.36. The van der Waals surface area contributed by atoms with E-state index in [1.54, 1.807) is 0 Å². The van der Waals surface area contributed by atoms with Crippen molar-refractivity contribution in [3.8, 4) is 11.3 Å². The summed E-state index contributed by atoms with van der Waals surface area (Å²) in [6.07, 6.45) is 0. The summed E-state index contributed by atoms with van der Waals surface area (Å²) in [5.41, 5.74) is 4.29. The molecule has 1 aliphatic heterocycles. The third kappa shape index (κ3) is 3.91. The van der Waals surface area contributed by atoms with Crippen LogP contribution in [0, 0.1) is 0 Å². The van der Waals surface area contributed by atoms with Gasteiger partial charge in [-0.2, -0.15) is 0 Å². The lowest BCUT2D eigenvalue weighted by atomic mass is 10.1. The van der Waals surface area contributed by atoms with E-state index in [0.29, 0.717) is 0 Å². The zero-order valence-electron chi connectivity index (χ0n) is 13.7. The summed E-state index contributed by atoms with van der Waals surface area (Å²) in [7, 11) is 0. The van der Waals surface area contributed by atoms with Crippen LogP contribution in [0.3, 0.4) is 0 Å². The van der Waals surface area contributed by atoms with Crippen molar-refractivity contribution < 1.29 is 15.7 Å². The Bertz CT molecular complexity index is 834. The van der Waals surface area contributed by atoms with E-state index in [9.17, 15) is 0 Å². The Balaban J connectivity index is 0.00000113. The highest BCUT2D eigenvalue weighted by Crippen LogP contribution is 2.31. The number of rotatable bonds is 2. The van der Waals surface area contributed by atoms with Crippen molar-refractivity contribution in [1.82, 2.24) is 4.98 Å². The maximum Gasteiger partial charge on any atom is 0.0730 e.